The molecule has 2 aromatic carbocycles. The van der Waals surface area contributed by atoms with Crippen LogP contribution in [0.1, 0.15) is 46.2 Å². The number of nitrogens with zero attached hydrogens (tertiary/aromatic N) is 3. The van der Waals surface area contributed by atoms with Crippen molar-refractivity contribution < 1.29 is 9.53 Å². The van der Waals surface area contributed by atoms with E-state index in [0.29, 0.717) is 18.7 Å². The van der Waals surface area contributed by atoms with E-state index < -0.39 is 0 Å². The van der Waals surface area contributed by atoms with Gasteiger partial charge in [-0.1, -0.05) is 49.4 Å². The molecule has 1 aliphatic rings. The quantitative estimate of drug-likeness (QED) is 0.569. The van der Waals surface area contributed by atoms with E-state index in [-0.39, 0.29) is 18.1 Å². The standard InChI is InChI=1S/C27H34N4O2/c1-4-25(26-19-30(13-14-33-26)17-22-9-6-5-7-10-22)28-27(32)24-12-8-11-23(16-24)18-31-21(3)15-20(2)29-31/h5-12,15-16,25-26H,4,13-14,17-19H2,1-3H3,(H,28,32)/t25-,26-/m0/s1. The minimum absolute atomic E-state index is 0.0192. The number of aromatic nitrogens is 2. The van der Waals surface area contributed by atoms with Crippen molar-refractivity contribution in [1.82, 2.24) is 20.0 Å². The largest absolute Gasteiger partial charge is 0.373 e. The van der Waals surface area contributed by atoms with Gasteiger partial charge in [-0.3, -0.25) is 14.4 Å². The van der Waals surface area contributed by atoms with Crippen LogP contribution in [0.3, 0.4) is 0 Å². The lowest BCUT2D eigenvalue weighted by Crippen LogP contribution is -2.53. The third-order valence-corrected chi connectivity index (χ3v) is 6.26. The Morgan fingerprint density at radius 2 is 1.88 bits per heavy atom. The Hall–Kier alpha value is -2.96. The van der Waals surface area contributed by atoms with Crippen molar-refractivity contribution in [2.45, 2.75) is 52.4 Å². The van der Waals surface area contributed by atoms with Gasteiger partial charge in [0.05, 0.1) is 31.0 Å². The number of hydrogen-bond donors (Lipinski definition) is 1. The molecular formula is C27H34N4O2. The lowest BCUT2D eigenvalue weighted by molar-refractivity contribution is -0.0483. The Bertz CT molecular complexity index is 1060. The molecule has 2 heterocycles. The van der Waals surface area contributed by atoms with Gasteiger partial charge in [0.15, 0.2) is 0 Å². The minimum atomic E-state index is -0.0548. The van der Waals surface area contributed by atoms with E-state index in [1.54, 1.807) is 0 Å². The number of rotatable bonds is 8. The fourth-order valence-corrected chi connectivity index (χ4v) is 4.49. The van der Waals surface area contributed by atoms with Crippen LogP contribution in [0.2, 0.25) is 0 Å². The van der Waals surface area contributed by atoms with Gasteiger partial charge in [-0.25, -0.2) is 0 Å². The summed E-state index contributed by atoms with van der Waals surface area (Å²) in [5.74, 6) is -0.0548. The Morgan fingerprint density at radius 3 is 2.61 bits per heavy atom. The number of ether oxygens (including phenoxy) is 1. The van der Waals surface area contributed by atoms with Crippen LogP contribution in [0.4, 0.5) is 0 Å². The highest BCUT2D eigenvalue weighted by Gasteiger charge is 2.28. The number of amides is 1. The topological polar surface area (TPSA) is 59.4 Å². The average Bonchev–Trinajstić information content (AvgIpc) is 3.14. The Kier molecular flexibility index (Phi) is 7.57. The molecule has 0 saturated carbocycles. The molecule has 0 bridgehead atoms. The predicted octanol–water partition coefficient (Wildman–Crippen LogP) is 3.96. The van der Waals surface area contributed by atoms with E-state index >= 15 is 0 Å². The summed E-state index contributed by atoms with van der Waals surface area (Å²) in [5.41, 5.74) is 5.15. The summed E-state index contributed by atoms with van der Waals surface area (Å²) < 4.78 is 8.06. The van der Waals surface area contributed by atoms with E-state index in [1.807, 2.05) is 48.9 Å². The lowest BCUT2D eigenvalue weighted by Gasteiger charge is -2.37. The Morgan fingerprint density at radius 1 is 1.09 bits per heavy atom. The Balaban J connectivity index is 1.38. The smallest absolute Gasteiger partial charge is 0.251 e. The Labute approximate surface area is 196 Å². The summed E-state index contributed by atoms with van der Waals surface area (Å²) in [6.45, 7) is 10.1. The van der Waals surface area contributed by atoms with Gasteiger partial charge in [0.2, 0.25) is 0 Å². The summed E-state index contributed by atoms with van der Waals surface area (Å²) in [7, 11) is 0. The zero-order valence-electron chi connectivity index (χ0n) is 19.8. The van der Waals surface area contributed by atoms with Crippen LogP contribution < -0.4 is 5.32 Å². The first-order valence-corrected chi connectivity index (χ1v) is 11.8. The molecule has 6 heteroatoms. The molecule has 2 atom stereocenters. The normalized spacial score (nSPS) is 17.6. The molecule has 0 radical (unpaired) electrons. The summed E-state index contributed by atoms with van der Waals surface area (Å²) in [5, 5.41) is 7.77. The molecule has 1 amide bonds. The van der Waals surface area contributed by atoms with Crippen molar-refractivity contribution >= 4 is 5.91 Å². The number of morpholine rings is 1. The summed E-state index contributed by atoms with van der Waals surface area (Å²) >= 11 is 0. The van der Waals surface area contributed by atoms with Gasteiger partial charge in [0.1, 0.15) is 0 Å². The van der Waals surface area contributed by atoms with Gasteiger partial charge < -0.3 is 10.1 Å². The molecule has 174 valence electrons. The van der Waals surface area contributed by atoms with E-state index in [2.05, 4.69) is 52.6 Å². The second kappa shape index (κ2) is 10.8. The molecule has 6 nitrogen and oxygen atoms in total. The molecular weight excluding hydrogens is 412 g/mol. The van der Waals surface area contributed by atoms with E-state index in [1.165, 1.54) is 5.56 Å². The van der Waals surface area contributed by atoms with E-state index in [9.17, 15) is 4.79 Å². The number of carbonyl (C=O) groups excluding carboxylic acids is 1. The van der Waals surface area contributed by atoms with Crippen molar-refractivity contribution in [1.29, 1.82) is 0 Å². The second-order valence-electron chi connectivity index (χ2n) is 8.90. The third kappa shape index (κ3) is 6.09. The zero-order chi connectivity index (χ0) is 23.2. The molecule has 1 aliphatic heterocycles. The maximum atomic E-state index is 13.1. The first kappa shape index (κ1) is 23.2. The highest BCUT2D eigenvalue weighted by molar-refractivity contribution is 5.94. The number of nitrogens with one attached hydrogen (secondary N) is 1. The van der Waals surface area contributed by atoms with E-state index in [0.717, 1.165) is 43.0 Å². The third-order valence-electron chi connectivity index (χ3n) is 6.26. The minimum Gasteiger partial charge on any atom is -0.373 e. The maximum absolute atomic E-state index is 13.1. The number of aryl methyl sites for hydroxylation is 2. The van der Waals surface area contributed by atoms with Crippen molar-refractivity contribution in [3.05, 3.63) is 88.7 Å². The fraction of sp³-hybridized carbons (Fsp3) is 0.407. The van der Waals surface area contributed by atoms with Gasteiger partial charge >= 0.3 is 0 Å². The SMILES string of the molecule is CC[C@H](NC(=O)c1cccc(Cn2nc(C)cc2C)c1)[C@@H]1CN(Cc2ccccc2)CCO1. The molecule has 0 spiro atoms. The van der Waals surface area contributed by atoms with Crippen LogP contribution in [0.5, 0.6) is 0 Å². The lowest BCUT2D eigenvalue weighted by atomic mass is 10.0. The number of hydrogen-bond acceptors (Lipinski definition) is 4. The number of carbonyl (C=O) groups is 1. The second-order valence-corrected chi connectivity index (χ2v) is 8.90. The summed E-state index contributed by atoms with van der Waals surface area (Å²) in [6.07, 6.45) is 0.801. The van der Waals surface area contributed by atoms with Crippen LogP contribution in [0.25, 0.3) is 0 Å². The average molecular weight is 447 g/mol. The summed E-state index contributed by atoms with van der Waals surface area (Å²) in [4.78, 5) is 15.5. The molecule has 0 unspecified atom stereocenters. The van der Waals surface area contributed by atoms with Crippen molar-refractivity contribution in [2.24, 2.45) is 0 Å². The highest BCUT2D eigenvalue weighted by atomic mass is 16.5. The molecule has 1 aromatic heterocycles. The molecule has 1 fully saturated rings. The van der Waals surface area contributed by atoms with Crippen LogP contribution >= 0.6 is 0 Å². The first-order chi connectivity index (χ1) is 16.0. The zero-order valence-corrected chi connectivity index (χ0v) is 19.8. The van der Waals surface area contributed by atoms with Gasteiger partial charge in [0, 0.05) is 30.9 Å². The molecule has 0 aliphatic carbocycles. The van der Waals surface area contributed by atoms with Gasteiger partial charge in [0.25, 0.3) is 5.91 Å². The van der Waals surface area contributed by atoms with Crippen LogP contribution in [0.15, 0.2) is 60.7 Å². The van der Waals surface area contributed by atoms with Gasteiger partial charge in [-0.15, -0.1) is 0 Å². The molecule has 3 aromatic rings. The maximum Gasteiger partial charge on any atom is 0.251 e. The van der Waals surface area contributed by atoms with E-state index in [4.69, 9.17) is 4.74 Å². The molecule has 1 N–H and O–H groups in total. The molecule has 33 heavy (non-hydrogen) atoms. The van der Waals surface area contributed by atoms with Gasteiger partial charge in [-0.05, 0) is 49.6 Å². The predicted molar refractivity (Wildman–Crippen MR) is 130 cm³/mol. The molecule has 1 saturated heterocycles. The molecule has 4 rings (SSSR count). The van der Waals surface area contributed by atoms with Crippen LogP contribution in [0, 0.1) is 13.8 Å². The van der Waals surface area contributed by atoms with Crippen molar-refractivity contribution in [2.75, 3.05) is 19.7 Å². The van der Waals surface area contributed by atoms with Crippen molar-refractivity contribution in [3.63, 3.8) is 0 Å². The highest BCUT2D eigenvalue weighted by Crippen LogP contribution is 2.16. The van der Waals surface area contributed by atoms with Crippen molar-refractivity contribution in [3.8, 4) is 0 Å². The van der Waals surface area contributed by atoms with Gasteiger partial charge in [-0.2, -0.15) is 5.10 Å². The van der Waals surface area contributed by atoms with Crippen LogP contribution in [-0.4, -0.2) is 52.4 Å². The van der Waals surface area contributed by atoms with Crippen LogP contribution in [-0.2, 0) is 17.8 Å². The monoisotopic (exact) mass is 446 g/mol. The first-order valence-electron chi connectivity index (χ1n) is 11.8. The summed E-state index contributed by atoms with van der Waals surface area (Å²) in [6, 6.07) is 20.3. The number of benzene rings is 2. The fourth-order valence-electron chi connectivity index (χ4n) is 4.49.